The molecule has 0 spiro atoms. The first-order valence-electron chi connectivity index (χ1n) is 10.9. The molecule has 0 bridgehead atoms. The van der Waals surface area contributed by atoms with Gasteiger partial charge >= 0.3 is 5.97 Å². The zero-order chi connectivity index (χ0) is 22.5. The summed E-state index contributed by atoms with van der Waals surface area (Å²) in [6, 6.07) is 6.64. The van der Waals surface area contributed by atoms with Gasteiger partial charge in [-0.3, -0.25) is 19.2 Å². The molecule has 2 fully saturated rings. The van der Waals surface area contributed by atoms with Crippen molar-refractivity contribution in [2.45, 2.75) is 45.6 Å². The van der Waals surface area contributed by atoms with E-state index in [1.54, 1.807) is 24.3 Å². The number of likely N-dealkylation sites (tertiary alicyclic amines) is 1. The minimum Gasteiger partial charge on any atom is -0.455 e. The van der Waals surface area contributed by atoms with E-state index in [4.69, 9.17) is 4.74 Å². The molecule has 31 heavy (non-hydrogen) atoms. The van der Waals surface area contributed by atoms with Crippen molar-refractivity contribution in [1.82, 2.24) is 10.2 Å². The third-order valence-corrected chi connectivity index (χ3v) is 6.54. The molecule has 8 nitrogen and oxygen atoms in total. The molecule has 3 amide bonds. The van der Waals surface area contributed by atoms with Gasteiger partial charge in [-0.2, -0.15) is 0 Å². The van der Waals surface area contributed by atoms with E-state index < -0.39 is 24.4 Å². The number of nitrogens with zero attached hydrogens (tertiary/aromatic N) is 1. The number of rotatable bonds is 6. The Balaban J connectivity index is 1.50. The zero-order valence-corrected chi connectivity index (χ0v) is 18.3. The third-order valence-electron chi connectivity index (χ3n) is 6.54. The van der Waals surface area contributed by atoms with Crippen LogP contribution in [0.1, 0.15) is 49.9 Å². The first kappa shape index (κ1) is 22.8. The maximum absolute atomic E-state index is 12.5. The first-order chi connectivity index (χ1) is 14.8. The van der Waals surface area contributed by atoms with Crippen LogP contribution in [0.2, 0.25) is 0 Å². The van der Waals surface area contributed by atoms with Crippen molar-refractivity contribution >= 4 is 29.4 Å². The van der Waals surface area contributed by atoms with E-state index in [1.165, 1.54) is 13.5 Å². The van der Waals surface area contributed by atoms with Crippen LogP contribution in [0.25, 0.3) is 0 Å². The van der Waals surface area contributed by atoms with Crippen molar-refractivity contribution in [3.63, 3.8) is 0 Å². The van der Waals surface area contributed by atoms with Gasteiger partial charge in [-0.05, 0) is 36.5 Å². The molecule has 3 rings (SSSR count). The lowest BCUT2D eigenvalue weighted by Gasteiger charge is -2.39. The number of hydrogen-bond donors (Lipinski definition) is 2. The van der Waals surface area contributed by atoms with E-state index in [-0.39, 0.29) is 24.3 Å². The van der Waals surface area contributed by atoms with Gasteiger partial charge in [0, 0.05) is 37.3 Å². The van der Waals surface area contributed by atoms with Crippen LogP contribution in [0, 0.1) is 17.8 Å². The normalized spacial score (nSPS) is 25.8. The van der Waals surface area contributed by atoms with Crippen LogP contribution in [0.3, 0.4) is 0 Å². The Hall–Kier alpha value is -2.90. The van der Waals surface area contributed by atoms with Crippen molar-refractivity contribution in [3.05, 3.63) is 29.8 Å². The van der Waals surface area contributed by atoms with Crippen LogP contribution in [0.15, 0.2) is 24.3 Å². The van der Waals surface area contributed by atoms with Crippen molar-refractivity contribution in [2.24, 2.45) is 17.8 Å². The Bertz CT molecular complexity index is 855. The summed E-state index contributed by atoms with van der Waals surface area (Å²) in [4.78, 5) is 50.7. The molecule has 168 valence electrons. The fourth-order valence-corrected chi connectivity index (χ4v) is 4.54. The smallest absolute Gasteiger partial charge is 0.311 e. The maximum atomic E-state index is 12.5. The highest BCUT2D eigenvalue weighted by Gasteiger charge is 2.42. The fourth-order valence-electron chi connectivity index (χ4n) is 4.54. The second-order valence-electron chi connectivity index (χ2n) is 8.60. The van der Waals surface area contributed by atoms with Gasteiger partial charge in [0.15, 0.2) is 6.61 Å². The number of nitrogens with one attached hydrogen (secondary N) is 2. The summed E-state index contributed by atoms with van der Waals surface area (Å²) in [6.45, 7) is 4.31. The predicted molar refractivity (Wildman–Crippen MR) is 115 cm³/mol. The number of amides is 3. The second kappa shape index (κ2) is 9.94. The summed E-state index contributed by atoms with van der Waals surface area (Å²) in [5.41, 5.74) is 0.845. The molecule has 1 aliphatic heterocycles. The number of anilines is 1. The van der Waals surface area contributed by atoms with Gasteiger partial charge in [0.1, 0.15) is 0 Å². The standard InChI is InChI=1S/C23H31N3O5/c1-14-6-4-9-19(15(14)2)26-12-17(11-21(26)28)23(30)31-13-20(27)25-18-8-5-7-16(10-18)22(29)24-3/h5,7-8,10,14-15,17,19H,4,6,9,11-13H2,1-3H3,(H,24,29)(H,25,27)/t14-,15-,17-,19-/m1/s1. The SMILES string of the molecule is CNC(=O)c1cccc(NC(=O)COC(=O)[C@@H]2CC(=O)N([C@@H]3CCC[C@@H](C)[C@H]3C)C2)c1. The highest BCUT2D eigenvalue weighted by Crippen LogP contribution is 2.35. The van der Waals surface area contributed by atoms with E-state index in [1.807, 2.05) is 4.90 Å². The Morgan fingerprint density at radius 2 is 1.97 bits per heavy atom. The molecule has 1 aromatic carbocycles. The third kappa shape index (κ3) is 5.42. The van der Waals surface area contributed by atoms with E-state index in [9.17, 15) is 19.2 Å². The minimum atomic E-state index is -0.540. The van der Waals surface area contributed by atoms with Crippen molar-refractivity contribution < 1.29 is 23.9 Å². The van der Waals surface area contributed by atoms with E-state index in [0.717, 1.165) is 12.8 Å². The monoisotopic (exact) mass is 429 g/mol. The lowest BCUT2D eigenvalue weighted by Crippen LogP contribution is -2.45. The van der Waals surface area contributed by atoms with E-state index in [0.29, 0.717) is 29.6 Å². The number of hydrogen-bond acceptors (Lipinski definition) is 5. The summed E-state index contributed by atoms with van der Waals surface area (Å²) in [5, 5.41) is 5.13. The van der Waals surface area contributed by atoms with Crippen LogP contribution in [0.4, 0.5) is 5.69 Å². The molecule has 1 heterocycles. The van der Waals surface area contributed by atoms with Crippen molar-refractivity contribution in [1.29, 1.82) is 0 Å². The van der Waals surface area contributed by atoms with Crippen molar-refractivity contribution in [2.75, 3.05) is 25.5 Å². The topological polar surface area (TPSA) is 105 Å². The Labute approximate surface area is 182 Å². The quantitative estimate of drug-likeness (QED) is 0.675. The number of esters is 1. The summed E-state index contributed by atoms with van der Waals surface area (Å²) in [5.74, 6) is -0.878. The molecule has 2 aliphatic rings. The molecule has 0 unspecified atom stereocenters. The number of benzene rings is 1. The van der Waals surface area contributed by atoms with Crippen LogP contribution < -0.4 is 10.6 Å². The van der Waals surface area contributed by atoms with E-state index in [2.05, 4.69) is 24.5 Å². The number of ether oxygens (including phenoxy) is 1. The Morgan fingerprint density at radius 1 is 1.19 bits per heavy atom. The van der Waals surface area contributed by atoms with Gasteiger partial charge in [-0.15, -0.1) is 0 Å². The molecule has 4 atom stereocenters. The van der Waals surface area contributed by atoms with Gasteiger partial charge in [0.05, 0.1) is 5.92 Å². The van der Waals surface area contributed by atoms with Crippen LogP contribution in [-0.4, -0.2) is 54.8 Å². The van der Waals surface area contributed by atoms with Gasteiger partial charge < -0.3 is 20.3 Å². The van der Waals surface area contributed by atoms with Gasteiger partial charge in [0.25, 0.3) is 11.8 Å². The minimum absolute atomic E-state index is 0.0108. The van der Waals surface area contributed by atoms with Crippen LogP contribution >= 0.6 is 0 Å². The molecule has 1 saturated carbocycles. The zero-order valence-electron chi connectivity index (χ0n) is 18.3. The molecule has 8 heteroatoms. The lowest BCUT2D eigenvalue weighted by molar-refractivity contribution is -0.151. The molecular weight excluding hydrogens is 398 g/mol. The molecule has 0 radical (unpaired) electrons. The molecule has 1 aliphatic carbocycles. The Morgan fingerprint density at radius 3 is 2.71 bits per heavy atom. The average Bonchev–Trinajstić information content (AvgIpc) is 3.15. The lowest BCUT2D eigenvalue weighted by atomic mass is 9.77. The van der Waals surface area contributed by atoms with Crippen molar-refractivity contribution in [3.8, 4) is 0 Å². The van der Waals surface area contributed by atoms with Crippen LogP contribution in [-0.2, 0) is 19.1 Å². The highest BCUT2D eigenvalue weighted by molar-refractivity contribution is 5.97. The number of carbonyl (C=O) groups excluding carboxylic acids is 4. The summed E-state index contributed by atoms with van der Waals surface area (Å²) < 4.78 is 5.18. The van der Waals surface area contributed by atoms with Gasteiger partial charge in [-0.25, -0.2) is 0 Å². The number of carbonyl (C=O) groups is 4. The van der Waals surface area contributed by atoms with Gasteiger partial charge in [-0.1, -0.05) is 32.8 Å². The summed E-state index contributed by atoms with van der Waals surface area (Å²) in [7, 11) is 1.53. The second-order valence-corrected chi connectivity index (χ2v) is 8.60. The predicted octanol–water partition coefficient (Wildman–Crippen LogP) is 2.20. The fraction of sp³-hybridized carbons (Fsp3) is 0.565. The summed E-state index contributed by atoms with van der Waals surface area (Å²) in [6.07, 6.45) is 3.37. The van der Waals surface area contributed by atoms with Crippen LogP contribution in [0.5, 0.6) is 0 Å². The van der Waals surface area contributed by atoms with E-state index >= 15 is 0 Å². The average molecular weight is 430 g/mol. The largest absolute Gasteiger partial charge is 0.455 e. The highest BCUT2D eigenvalue weighted by atomic mass is 16.5. The molecule has 1 saturated heterocycles. The molecule has 1 aromatic rings. The molecule has 2 N–H and O–H groups in total. The Kier molecular flexibility index (Phi) is 7.30. The molecular formula is C23H31N3O5. The maximum Gasteiger partial charge on any atom is 0.311 e. The first-order valence-corrected chi connectivity index (χ1v) is 10.9. The van der Waals surface area contributed by atoms with Gasteiger partial charge in [0.2, 0.25) is 5.91 Å². The summed E-state index contributed by atoms with van der Waals surface area (Å²) >= 11 is 0. The molecule has 0 aromatic heterocycles.